The predicted molar refractivity (Wildman–Crippen MR) is 152 cm³/mol. The van der Waals surface area contributed by atoms with E-state index >= 15 is 0 Å². The second-order valence-electron chi connectivity index (χ2n) is 10.2. The molecule has 0 radical (unpaired) electrons. The molecule has 4 N–H and O–H groups in total. The maximum absolute atomic E-state index is 14.3. The van der Waals surface area contributed by atoms with Crippen LogP contribution in [0.1, 0.15) is 52.5 Å². The summed E-state index contributed by atoms with van der Waals surface area (Å²) in [5.41, 5.74) is 6.58. The third-order valence-corrected chi connectivity index (χ3v) is 7.41. The number of carbonyl (C=O) groups is 3. The van der Waals surface area contributed by atoms with Gasteiger partial charge in [-0.05, 0) is 31.0 Å². The molecule has 1 saturated carbocycles. The Bertz CT molecular complexity index is 1440. The zero-order valence-corrected chi connectivity index (χ0v) is 24.0. The highest BCUT2D eigenvalue weighted by atomic mass is 35.5. The van der Waals surface area contributed by atoms with E-state index in [-0.39, 0.29) is 40.5 Å². The Morgan fingerprint density at radius 3 is 2.48 bits per heavy atom. The molecule has 15 heteroatoms. The van der Waals surface area contributed by atoms with Crippen molar-refractivity contribution in [1.82, 2.24) is 29.1 Å². The van der Waals surface area contributed by atoms with E-state index in [1.807, 2.05) is 0 Å². The fourth-order valence-corrected chi connectivity index (χ4v) is 5.04. The number of imidazole rings is 1. The third kappa shape index (κ3) is 6.94. The molecule has 3 heterocycles. The summed E-state index contributed by atoms with van der Waals surface area (Å²) in [6.07, 6.45) is 4.78. The van der Waals surface area contributed by atoms with Gasteiger partial charge in [0.15, 0.2) is 5.82 Å². The summed E-state index contributed by atoms with van der Waals surface area (Å²) in [5, 5.41) is 14.0. The van der Waals surface area contributed by atoms with Crippen LogP contribution in [0.2, 0.25) is 5.02 Å². The molecule has 5 rings (SSSR count). The van der Waals surface area contributed by atoms with Gasteiger partial charge in [0.05, 0.1) is 28.5 Å². The number of rotatable bonds is 8. The Morgan fingerprint density at radius 2 is 1.90 bits per heavy atom. The first-order chi connectivity index (χ1) is 20.0. The number of nitrogens with two attached hydrogens (primary N) is 1. The Kier molecular flexibility index (Phi) is 9.59. The number of anilines is 1. The van der Waals surface area contributed by atoms with Crippen molar-refractivity contribution in [2.45, 2.75) is 31.7 Å². The van der Waals surface area contributed by atoms with E-state index in [9.17, 15) is 18.4 Å². The van der Waals surface area contributed by atoms with Crippen molar-refractivity contribution in [3.63, 3.8) is 0 Å². The number of alkyl halides is 2. The Labute approximate surface area is 246 Å². The van der Waals surface area contributed by atoms with Crippen LogP contribution in [0.15, 0.2) is 30.6 Å². The van der Waals surface area contributed by atoms with Crippen LogP contribution in [0, 0.1) is 0 Å². The van der Waals surface area contributed by atoms with Crippen LogP contribution in [0.3, 0.4) is 0 Å². The standard InChI is InChI=1S/C26H31ClF2N8O2.CH2O2/c1-26(28,29)22-19(15-37(33-22)17-4-5-17)21-14-31-23(34(21)2)24(38)32-16-3-6-18(20(27)13-16)25(39)36-11-9-35(8-7-30)10-12-36;2-1-3/h3,6,13-15,17H,4-5,7-12,30H2,1-2H3,(H,32,38);1H,(H,2,3). The van der Waals surface area contributed by atoms with E-state index in [4.69, 9.17) is 27.2 Å². The van der Waals surface area contributed by atoms with Crippen molar-refractivity contribution >= 4 is 35.6 Å². The van der Waals surface area contributed by atoms with Crippen LogP contribution in [-0.2, 0) is 17.8 Å². The van der Waals surface area contributed by atoms with Gasteiger partial charge in [0.25, 0.3) is 24.2 Å². The molecule has 1 aromatic carbocycles. The van der Waals surface area contributed by atoms with E-state index in [2.05, 4.69) is 20.3 Å². The van der Waals surface area contributed by atoms with Gasteiger partial charge in [-0.25, -0.2) is 4.98 Å². The zero-order chi connectivity index (χ0) is 30.6. The number of nitrogens with zero attached hydrogens (tertiary/aromatic N) is 6. The van der Waals surface area contributed by atoms with Crippen LogP contribution >= 0.6 is 11.6 Å². The minimum absolute atomic E-state index is 0.0289. The number of nitrogens with one attached hydrogen (secondary N) is 1. The molecule has 2 aromatic heterocycles. The maximum Gasteiger partial charge on any atom is 0.291 e. The fourth-order valence-electron chi connectivity index (χ4n) is 4.78. The summed E-state index contributed by atoms with van der Waals surface area (Å²) in [6.45, 7) is 4.59. The third-order valence-electron chi connectivity index (χ3n) is 7.10. The molecule has 2 fully saturated rings. The van der Waals surface area contributed by atoms with Gasteiger partial charge in [-0.3, -0.25) is 24.0 Å². The first-order valence-corrected chi connectivity index (χ1v) is 13.8. The molecule has 42 heavy (non-hydrogen) atoms. The lowest BCUT2D eigenvalue weighted by Crippen LogP contribution is -2.49. The lowest BCUT2D eigenvalue weighted by molar-refractivity contribution is -0.122. The van der Waals surface area contributed by atoms with Gasteiger partial charge in [-0.1, -0.05) is 11.6 Å². The van der Waals surface area contributed by atoms with Gasteiger partial charge < -0.3 is 25.6 Å². The average molecular weight is 607 g/mol. The molecule has 12 nitrogen and oxygen atoms in total. The van der Waals surface area contributed by atoms with Gasteiger partial charge in [0.2, 0.25) is 0 Å². The Morgan fingerprint density at radius 1 is 1.24 bits per heavy atom. The summed E-state index contributed by atoms with van der Waals surface area (Å²) < 4.78 is 31.7. The molecule has 1 aliphatic carbocycles. The van der Waals surface area contributed by atoms with Crippen LogP contribution in [0.25, 0.3) is 11.3 Å². The Balaban J connectivity index is 0.00000129. The molecular formula is C27H33ClF2N8O4. The Hall–Kier alpha value is -3.88. The minimum atomic E-state index is -3.16. The first kappa shape index (κ1) is 31.1. The SMILES string of the molecule is Cn1c(-c2cn(C3CC3)nc2C(C)(F)F)cnc1C(=O)Nc1ccc(C(=O)N2CCN(CCN)CC2)c(Cl)c1.O=CO. The zero-order valence-electron chi connectivity index (χ0n) is 23.3. The van der Waals surface area contributed by atoms with E-state index in [1.54, 1.807) is 35.0 Å². The molecule has 226 valence electrons. The van der Waals surface area contributed by atoms with Crippen molar-refractivity contribution in [2.24, 2.45) is 12.8 Å². The number of benzene rings is 1. The second kappa shape index (κ2) is 13.0. The number of aromatic nitrogens is 4. The van der Waals surface area contributed by atoms with Crippen LogP contribution in [0.5, 0.6) is 0 Å². The van der Waals surface area contributed by atoms with Gasteiger partial charge >= 0.3 is 0 Å². The minimum Gasteiger partial charge on any atom is -0.483 e. The smallest absolute Gasteiger partial charge is 0.291 e. The summed E-state index contributed by atoms with van der Waals surface area (Å²) in [4.78, 5) is 42.6. The summed E-state index contributed by atoms with van der Waals surface area (Å²) >= 11 is 6.43. The van der Waals surface area contributed by atoms with Crippen LogP contribution in [-0.4, -0.2) is 91.8 Å². The van der Waals surface area contributed by atoms with Crippen molar-refractivity contribution < 1.29 is 28.3 Å². The highest BCUT2D eigenvalue weighted by molar-refractivity contribution is 6.34. The van der Waals surface area contributed by atoms with E-state index in [0.717, 1.165) is 39.4 Å². The van der Waals surface area contributed by atoms with Crippen LogP contribution in [0.4, 0.5) is 14.5 Å². The number of halogens is 3. The molecule has 1 aliphatic heterocycles. The van der Waals surface area contributed by atoms with E-state index < -0.39 is 11.8 Å². The number of amides is 2. The van der Waals surface area contributed by atoms with Crippen molar-refractivity contribution in [3.05, 3.63) is 52.7 Å². The van der Waals surface area contributed by atoms with Crippen molar-refractivity contribution in [3.8, 4) is 11.3 Å². The molecule has 0 spiro atoms. The van der Waals surface area contributed by atoms with Crippen molar-refractivity contribution in [1.29, 1.82) is 0 Å². The molecule has 2 amide bonds. The summed E-state index contributed by atoms with van der Waals surface area (Å²) in [5.74, 6) is -3.85. The number of hydrogen-bond acceptors (Lipinski definition) is 7. The van der Waals surface area contributed by atoms with E-state index in [0.29, 0.717) is 36.6 Å². The predicted octanol–water partition coefficient (Wildman–Crippen LogP) is 3.05. The average Bonchev–Trinajstić information content (AvgIpc) is 3.57. The van der Waals surface area contributed by atoms with Gasteiger partial charge in [0, 0.05) is 70.7 Å². The normalized spacial score (nSPS) is 15.6. The number of hydrogen-bond donors (Lipinski definition) is 3. The first-order valence-electron chi connectivity index (χ1n) is 13.4. The molecule has 0 atom stereocenters. The quantitative estimate of drug-likeness (QED) is 0.331. The van der Waals surface area contributed by atoms with Gasteiger partial charge in [-0.2, -0.15) is 13.9 Å². The van der Waals surface area contributed by atoms with Crippen LogP contribution < -0.4 is 11.1 Å². The second-order valence-corrected chi connectivity index (χ2v) is 10.6. The molecular weight excluding hydrogens is 574 g/mol. The van der Waals surface area contributed by atoms with Gasteiger partial charge in [-0.15, -0.1) is 0 Å². The monoisotopic (exact) mass is 606 g/mol. The maximum atomic E-state index is 14.3. The fraction of sp³-hybridized carbons (Fsp3) is 0.444. The highest BCUT2D eigenvalue weighted by Crippen LogP contribution is 2.40. The summed E-state index contributed by atoms with van der Waals surface area (Å²) in [6, 6.07) is 4.81. The topological polar surface area (TPSA) is 152 Å². The number of carbonyl (C=O) groups excluding carboxylic acids is 2. The number of piperazine rings is 1. The largest absolute Gasteiger partial charge is 0.483 e. The van der Waals surface area contributed by atoms with Crippen molar-refractivity contribution in [2.75, 3.05) is 44.6 Å². The molecule has 1 saturated heterocycles. The molecule has 0 unspecified atom stereocenters. The molecule has 3 aromatic rings. The molecule has 2 aliphatic rings. The lowest BCUT2D eigenvalue weighted by atomic mass is 10.1. The lowest BCUT2D eigenvalue weighted by Gasteiger charge is -2.34. The highest BCUT2D eigenvalue weighted by Gasteiger charge is 2.36. The van der Waals surface area contributed by atoms with Gasteiger partial charge in [0.1, 0.15) is 5.69 Å². The number of carboxylic acid groups (broad SMARTS) is 1. The molecule has 0 bridgehead atoms. The van der Waals surface area contributed by atoms with E-state index in [1.165, 1.54) is 16.8 Å². The summed E-state index contributed by atoms with van der Waals surface area (Å²) in [7, 11) is 1.59.